The van der Waals surface area contributed by atoms with Crippen molar-refractivity contribution >= 4 is 11.9 Å². The molecule has 0 saturated carbocycles. The summed E-state index contributed by atoms with van der Waals surface area (Å²) in [6.07, 6.45) is 3.84. The third-order valence-corrected chi connectivity index (χ3v) is 3.05. The molecule has 1 unspecified atom stereocenters. The molecule has 0 fully saturated rings. The van der Waals surface area contributed by atoms with Crippen LogP contribution in [-0.2, 0) is 11.3 Å². The summed E-state index contributed by atoms with van der Waals surface area (Å²) >= 11 is 0. The zero-order chi connectivity index (χ0) is 15.2. The largest absolute Gasteiger partial charge is 0.481 e. The van der Waals surface area contributed by atoms with Crippen molar-refractivity contribution in [1.29, 1.82) is 0 Å². The lowest BCUT2D eigenvalue weighted by molar-refractivity contribution is -0.141. The second kappa shape index (κ2) is 6.74. The molecule has 2 rings (SSSR count). The molecule has 1 atom stereocenters. The van der Waals surface area contributed by atoms with Gasteiger partial charge in [0, 0.05) is 18.9 Å². The predicted octanol–water partition coefficient (Wildman–Crippen LogP) is 1.37. The molecule has 0 aromatic carbocycles. The van der Waals surface area contributed by atoms with Crippen molar-refractivity contribution in [2.75, 3.05) is 6.54 Å². The molecule has 2 heterocycles. The fourth-order valence-corrected chi connectivity index (χ4v) is 1.75. The molecule has 21 heavy (non-hydrogen) atoms. The van der Waals surface area contributed by atoms with Crippen molar-refractivity contribution in [1.82, 2.24) is 15.1 Å². The molecular formula is C14H17N3O4. The van der Waals surface area contributed by atoms with E-state index < -0.39 is 11.9 Å². The van der Waals surface area contributed by atoms with Crippen molar-refractivity contribution in [2.45, 2.75) is 19.9 Å². The first-order valence-corrected chi connectivity index (χ1v) is 6.63. The van der Waals surface area contributed by atoms with Crippen molar-refractivity contribution in [2.24, 2.45) is 5.92 Å². The van der Waals surface area contributed by atoms with Crippen molar-refractivity contribution in [3.05, 3.63) is 42.1 Å². The lowest BCUT2D eigenvalue weighted by Crippen LogP contribution is -2.26. The Bertz CT molecular complexity index is 604. The second-order valence-corrected chi connectivity index (χ2v) is 4.75. The van der Waals surface area contributed by atoms with E-state index in [-0.39, 0.29) is 11.7 Å². The van der Waals surface area contributed by atoms with Gasteiger partial charge in [0.2, 0.25) is 0 Å². The fourth-order valence-electron chi connectivity index (χ4n) is 1.75. The Balaban J connectivity index is 1.83. The number of aliphatic carboxylic acids is 1. The number of carboxylic acid groups (broad SMARTS) is 1. The number of amides is 1. The van der Waals surface area contributed by atoms with Gasteiger partial charge in [-0.1, -0.05) is 6.92 Å². The lowest BCUT2D eigenvalue weighted by Gasteiger charge is -2.06. The minimum Gasteiger partial charge on any atom is -0.481 e. The van der Waals surface area contributed by atoms with Crippen LogP contribution in [0.1, 0.15) is 29.7 Å². The molecule has 0 spiro atoms. The van der Waals surface area contributed by atoms with E-state index in [0.717, 1.165) is 0 Å². The van der Waals surface area contributed by atoms with E-state index in [4.69, 9.17) is 9.52 Å². The summed E-state index contributed by atoms with van der Waals surface area (Å²) in [7, 11) is 0. The van der Waals surface area contributed by atoms with Crippen molar-refractivity contribution in [3.8, 4) is 0 Å². The first kappa shape index (κ1) is 14.8. The average molecular weight is 291 g/mol. The maximum absolute atomic E-state index is 11.8. The Morgan fingerprint density at radius 2 is 2.29 bits per heavy atom. The molecule has 1 amide bonds. The van der Waals surface area contributed by atoms with Gasteiger partial charge in [0.1, 0.15) is 5.76 Å². The SMILES string of the molecule is CC(CCNC(=O)c1ccc(Cn2cccn2)o1)C(=O)O. The van der Waals surface area contributed by atoms with Crippen LogP contribution in [0.5, 0.6) is 0 Å². The number of nitrogens with zero attached hydrogens (tertiary/aromatic N) is 2. The quantitative estimate of drug-likeness (QED) is 0.803. The van der Waals surface area contributed by atoms with Gasteiger partial charge in [-0.05, 0) is 24.6 Å². The maximum atomic E-state index is 11.8. The molecule has 7 heteroatoms. The van der Waals surface area contributed by atoms with Gasteiger partial charge in [0.15, 0.2) is 5.76 Å². The highest BCUT2D eigenvalue weighted by atomic mass is 16.4. The van der Waals surface area contributed by atoms with Gasteiger partial charge in [-0.2, -0.15) is 5.10 Å². The Labute approximate surface area is 121 Å². The summed E-state index contributed by atoms with van der Waals surface area (Å²) < 4.78 is 7.12. The van der Waals surface area contributed by atoms with Gasteiger partial charge in [-0.25, -0.2) is 0 Å². The number of hydrogen-bond acceptors (Lipinski definition) is 4. The first-order valence-electron chi connectivity index (χ1n) is 6.63. The number of carbonyl (C=O) groups excluding carboxylic acids is 1. The van der Waals surface area contributed by atoms with E-state index >= 15 is 0 Å². The Hall–Kier alpha value is -2.57. The highest BCUT2D eigenvalue weighted by Gasteiger charge is 2.14. The van der Waals surface area contributed by atoms with Crippen LogP contribution >= 0.6 is 0 Å². The molecule has 7 nitrogen and oxygen atoms in total. The second-order valence-electron chi connectivity index (χ2n) is 4.75. The number of furan rings is 1. The highest BCUT2D eigenvalue weighted by molar-refractivity contribution is 5.91. The average Bonchev–Trinajstić information content (AvgIpc) is 3.10. The number of carboxylic acids is 1. The van der Waals surface area contributed by atoms with E-state index in [2.05, 4.69) is 10.4 Å². The van der Waals surface area contributed by atoms with Gasteiger partial charge in [0.25, 0.3) is 5.91 Å². The third-order valence-electron chi connectivity index (χ3n) is 3.05. The molecule has 112 valence electrons. The molecule has 2 aromatic heterocycles. The van der Waals surface area contributed by atoms with E-state index in [1.807, 2.05) is 0 Å². The first-order chi connectivity index (χ1) is 10.1. The number of rotatable bonds is 7. The number of carbonyl (C=O) groups is 2. The van der Waals surface area contributed by atoms with Gasteiger partial charge in [0.05, 0.1) is 12.5 Å². The molecular weight excluding hydrogens is 274 g/mol. The van der Waals surface area contributed by atoms with Gasteiger partial charge in [-0.15, -0.1) is 0 Å². The normalized spacial score (nSPS) is 12.0. The van der Waals surface area contributed by atoms with Gasteiger partial charge >= 0.3 is 5.97 Å². The van der Waals surface area contributed by atoms with Crippen LogP contribution in [0.15, 0.2) is 35.0 Å². The zero-order valence-electron chi connectivity index (χ0n) is 11.7. The predicted molar refractivity (Wildman–Crippen MR) is 73.8 cm³/mol. The monoisotopic (exact) mass is 291 g/mol. The minimum absolute atomic E-state index is 0.208. The van der Waals surface area contributed by atoms with Gasteiger partial charge in [-0.3, -0.25) is 14.3 Å². The van der Waals surface area contributed by atoms with E-state index in [9.17, 15) is 9.59 Å². The van der Waals surface area contributed by atoms with Crippen LogP contribution in [0.4, 0.5) is 0 Å². The van der Waals surface area contributed by atoms with Crippen LogP contribution in [0.3, 0.4) is 0 Å². The molecule has 0 aliphatic carbocycles. The number of nitrogens with one attached hydrogen (secondary N) is 1. The minimum atomic E-state index is -0.872. The summed E-state index contributed by atoms with van der Waals surface area (Å²) in [5.74, 6) is -0.872. The Morgan fingerprint density at radius 1 is 1.48 bits per heavy atom. The van der Waals surface area contributed by atoms with E-state index in [1.165, 1.54) is 0 Å². The van der Waals surface area contributed by atoms with Crippen LogP contribution in [0, 0.1) is 5.92 Å². The lowest BCUT2D eigenvalue weighted by atomic mass is 10.1. The van der Waals surface area contributed by atoms with Crippen molar-refractivity contribution < 1.29 is 19.1 Å². The molecule has 2 aromatic rings. The van der Waals surface area contributed by atoms with Crippen LogP contribution in [0.25, 0.3) is 0 Å². The Kier molecular flexibility index (Phi) is 4.76. The molecule has 0 aliphatic heterocycles. The highest BCUT2D eigenvalue weighted by Crippen LogP contribution is 2.09. The topological polar surface area (TPSA) is 97.4 Å². The molecule has 0 bridgehead atoms. The summed E-state index contributed by atoms with van der Waals surface area (Å²) in [4.78, 5) is 22.5. The summed E-state index contributed by atoms with van der Waals surface area (Å²) in [5, 5.41) is 15.4. The number of aromatic nitrogens is 2. The van der Waals surface area contributed by atoms with Crippen LogP contribution in [0.2, 0.25) is 0 Å². The molecule has 2 N–H and O–H groups in total. The standard InChI is InChI=1S/C14H17N3O4/c1-10(14(19)20)5-7-15-13(18)12-4-3-11(21-12)9-17-8-2-6-16-17/h2-4,6,8,10H,5,7,9H2,1H3,(H,15,18)(H,19,20). The van der Waals surface area contributed by atoms with Crippen LogP contribution < -0.4 is 5.32 Å². The summed E-state index contributed by atoms with van der Waals surface area (Å²) in [6, 6.07) is 5.12. The zero-order valence-corrected chi connectivity index (χ0v) is 11.7. The molecule has 0 radical (unpaired) electrons. The maximum Gasteiger partial charge on any atom is 0.306 e. The molecule has 0 aliphatic rings. The van der Waals surface area contributed by atoms with E-state index in [0.29, 0.717) is 25.3 Å². The summed E-state index contributed by atoms with van der Waals surface area (Å²) in [5.41, 5.74) is 0. The smallest absolute Gasteiger partial charge is 0.306 e. The van der Waals surface area contributed by atoms with Gasteiger partial charge < -0.3 is 14.8 Å². The van der Waals surface area contributed by atoms with Crippen LogP contribution in [-0.4, -0.2) is 33.3 Å². The molecule has 0 saturated heterocycles. The van der Waals surface area contributed by atoms with E-state index in [1.54, 1.807) is 42.2 Å². The van der Waals surface area contributed by atoms with Crippen molar-refractivity contribution in [3.63, 3.8) is 0 Å². The number of hydrogen-bond donors (Lipinski definition) is 2. The Morgan fingerprint density at radius 3 is 2.95 bits per heavy atom. The fraction of sp³-hybridized carbons (Fsp3) is 0.357. The summed E-state index contributed by atoms with van der Waals surface area (Å²) in [6.45, 7) is 2.35. The third kappa shape index (κ3) is 4.20.